The summed E-state index contributed by atoms with van der Waals surface area (Å²) in [6.45, 7) is 3.86. The molecule has 1 aliphatic rings. The molecule has 2 aromatic heterocycles. The van der Waals surface area contributed by atoms with Crippen LogP contribution < -0.4 is 66.2 Å². The average Bonchev–Trinajstić information content (AvgIpc) is 3.71. The summed E-state index contributed by atoms with van der Waals surface area (Å²) in [5.74, 6) is 1.44. The number of aromatic nitrogens is 3. The van der Waals surface area contributed by atoms with Crippen LogP contribution in [0, 0.1) is 10.1 Å². The maximum absolute atomic E-state index is 11.2. The van der Waals surface area contributed by atoms with E-state index in [9.17, 15) is 10.1 Å². The molecular formula is C25H26ClK7N6O4. The average molecular weight is 784 g/mol. The van der Waals surface area contributed by atoms with Crippen molar-refractivity contribution in [2.45, 2.75) is 12.8 Å². The Morgan fingerprint density at radius 1 is 1.12 bits per heavy atom. The van der Waals surface area contributed by atoms with Crippen LogP contribution in [-0.2, 0) is 0 Å². The summed E-state index contributed by atoms with van der Waals surface area (Å²) in [4.78, 5) is 25.2. The number of benzene rings is 2. The van der Waals surface area contributed by atoms with Crippen LogP contribution >= 0.6 is 11.6 Å². The molecule has 4 aromatic rings. The Hall–Kier alpha value is 7.56. The van der Waals surface area contributed by atoms with E-state index in [0.717, 1.165) is 41.9 Å². The van der Waals surface area contributed by atoms with Gasteiger partial charge in [-0.2, -0.15) is 0 Å². The third kappa shape index (κ3) is 16.4. The molecule has 1 saturated heterocycles. The topological polar surface area (TPSA) is 118 Å². The summed E-state index contributed by atoms with van der Waals surface area (Å²) >= 11 is 14.0. The Balaban J connectivity index is 0.00000218. The van der Waals surface area contributed by atoms with E-state index in [1.165, 1.54) is 234 Å². The molecular weight excluding hydrogens is 757 g/mol. The number of aromatic amines is 1. The van der Waals surface area contributed by atoms with Gasteiger partial charge in [0.15, 0.2) is 0 Å². The Morgan fingerprint density at radius 2 is 1.81 bits per heavy atom. The molecule has 1 aliphatic heterocycles. The number of likely N-dealkylation sites (tertiary alicyclic amines) is 1. The first-order valence-corrected chi connectivity index (χ1v) is 63.0. The van der Waals surface area contributed by atoms with E-state index in [1.807, 2.05) is 24.4 Å². The van der Waals surface area contributed by atoms with Gasteiger partial charge in [-0.25, -0.2) is 9.97 Å². The summed E-state index contributed by atoms with van der Waals surface area (Å²) < 4.78 is 11.3. The normalized spacial score (nSPS) is 12.0. The van der Waals surface area contributed by atoms with Gasteiger partial charge in [0.05, 0.1) is 34.6 Å². The number of H-pyrrole nitrogens is 1. The number of non-ortho nitro benzene ring substituents is 1. The van der Waals surface area contributed by atoms with Gasteiger partial charge in [0, 0.05) is 47.4 Å². The van der Waals surface area contributed by atoms with E-state index in [4.69, 9.17) is 21.1 Å². The van der Waals surface area contributed by atoms with Gasteiger partial charge in [-0.15, -0.1) is 0 Å². The second-order valence-electron chi connectivity index (χ2n) is 8.46. The van der Waals surface area contributed by atoms with Crippen LogP contribution in [0.4, 0.5) is 17.3 Å². The van der Waals surface area contributed by atoms with Crippen molar-refractivity contribution < 1.29 is 67.2 Å². The molecule has 1 fully saturated rings. The number of fused-ring (bicyclic) bond motifs is 1. The zero-order chi connectivity index (χ0) is 31.1. The van der Waals surface area contributed by atoms with E-state index < -0.39 is 4.92 Å². The molecule has 0 spiro atoms. The molecule has 2 aromatic carbocycles. The minimum absolute atomic E-state index is 0. The summed E-state index contributed by atoms with van der Waals surface area (Å²) in [6, 6.07) is 10.1. The number of halogens is 1. The number of nitro groups is 1. The number of nitrogens with zero attached hydrogens (tertiary/aromatic N) is 4. The molecule has 3 heterocycles. The molecule has 10 nitrogen and oxygen atoms in total. The van der Waals surface area contributed by atoms with Crippen LogP contribution in [-0.4, -0.2) is 248 Å². The van der Waals surface area contributed by atoms with Crippen molar-refractivity contribution in [3.05, 3.63) is 63.9 Å². The van der Waals surface area contributed by atoms with Crippen LogP contribution in [0.1, 0.15) is 14.3 Å². The molecule has 0 unspecified atom stereocenters. The van der Waals surface area contributed by atoms with Crippen LogP contribution in [0.15, 0.2) is 48.8 Å². The summed E-state index contributed by atoms with van der Waals surface area (Å²) in [7, 11) is 1.48. The van der Waals surface area contributed by atoms with E-state index in [1.54, 1.807) is 0 Å². The van der Waals surface area contributed by atoms with Gasteiger partial charge in [-0.1, -0.05) is 11.6 Å². The second-order valence-corrected chi connectivity index (χ2v) is 8.87. The maximum atomic E-state index is 11.2. The number of methoxy groups -OCH3 is 1. The summed E-state index contributed by atoms with van der Waals surface area (Å²) in [5, 5.41) is 15.5. The molecule has 2 N–H and O–H groups in total. The van der Waals surface area contributed by atoms with Crippen LogP contribution in [0.25, 0.3) is 22.2 Å². The van der Waals surface area contributed by atoms with Gasteiger partial charge >= 0.3 is 241 Å². The second kappa shape index (κ2) is 28.9. The molecule has 43 heavy (non-hydrogen) atoms. The zero-order valence-corrected chi connectivity index (χ0v) is 49.3. The Bertz CT molecular complexity index is 1440. The molecule has 5 rings (SSSR count). The van der Waals surface area contributed by atoms with Crippen molar-refractivity contribution in [2.24, 2.45) is 0 Å². The van der Waals surface area contributed by atoms with Gasteiger partial charge in [-0.05, 0) is 44.1 Å². The van der Waals surface area contributed by atoms with Gasteiger partial charge in [0.2, 0.25) is 5.95 Å². The molecule has 0 amide bonds. The van der Waals surface area contributed by atoms with Gasteiger partial charge in [-0.3, -0.25) is 15.0 Å². The first kappa shape index (κ1) is 48.6. The van der Waals surface area contributed by atoms with Gasteiger partial charge in [0.1, 0.15) is 18.1 Å². The number of hydrogen-bond acceptors (Lipinski definition) is 8. The van der Waals surface area contributed by atoms with Crippen molar-refractivity contribution in [3.8, 4) is 22.8 Å². The van der Waals surface area contributed by atoms with Crippen molar-refractivity contribution in [1.82, 2.24) is 19.9 Å². The number of ether oxygens (including phenoxy) is 2. The Labute approximate surface area is 437 Å². The first-order chi connectivity index (χ1) is 20.5. The molecule has 0 radical (unpaired) electrons. The number of anilines is 2. The van der Waals surface area contributed by atoms with E-state index in [-0.39, 0.29) is 64.4 Å². The SMILES string of the molecule is COc1ccc([N+](=O)[O-])cc1Nc1ncc(Cl)c(-c2c[nH]c3cc(OCCN4CCCC4)ccc23)n1.[H-].[K+].[K][K].[K][K].[K][K]. The Kier molecular flexibility index (Phi) is 32.7. The summed E-state index contributed by atoms with van der Waals surface area (Å²) in [5.41, 5.74) is 2.51. The molecule has 0 bridgehead atoms. The van der Waals surface area contributed by atoms with E-state index in [0.29, 0.717) is 28.8 Å². The van der Waals surface area contributed by atoms with Crippen molar-refractivity contribution in [1.29, 1.82) is 0 Å². The van der Waals surface area contributed by atoms with Crippen molar-refractivity contribution in [3.63, 3.8) is 0 Å². The van der Waals surface area contributed by atoms with E-state index in [2.05, 4.69) is 25.2 Å². The van der Waals surface area contributed by atoms with E-state index >= 15 is 0 Å². The predicted molar refractivity (Wildman–Crippen MR) is 174 cm³/mol. The fourth-order valence-electron chi connectivity index (χ4n) is 4.33. The van der Waals surface area contributed by atoms with Crippen molar-refractivity contribution >= 4 is 229 Å². The monoisotopic (exact) mass is 782 g/mol. The standard InChI is InChI=1S/C25H25ClN6O4.7K.H/c1-35-23-7-4-16(32(33)34)12-22(23)29-25-28-15-20(26)24(30-25)19-14-27-21-13-17(5-6-18(19)21)36-11-10-31-8-2-3-9-31;;;;;;;;/h4-7,12-15,27H,2-3,8-11H2,1H3,(H,28,29,30);;;;;;;;/q;;;;;;;+1;-1. The molecule has 18 heteroatoms. The third-order valence-electron chi connectivity index (χ3n) is 6.17. The summed E-state index contributed by atoms with van der Waals surface area (Å²) in [6.07, 6.45) is 5.85. The zero-order valence-electron chi connectivity index (χ0n) is 27.7. The molecule has 194 valence electrons. The fraction of sp³-hybridized carbons (Fsp3) is 0.280. The molecule has 0 aliphatic carbocycles. The predicted octanol–water partition coefficient (Wildman–Crippen LogP) is 0.245. The number of nitro benzene ring substituents is 1. The number of hydrogen-bond donors (Lipinski definition) is 2. The molecule has 0 saturated carbocycles. The van der Waals surface area contributed by atoms with Crippen LogP contribution in [0.3, 0.4) is 0 Å². The van der Waals surface area contributed by atoms with Crippen LogP contribution in [0.5, 0.6) is 11.5 Å². The van der Waals surface area contributed by atoms with Crippen molar-refractivity contribution in [2.75, 3.05) is 38.7 Å². The quantitative estimate of drug-likeness (QED) is 0.141. The number of rotatable bonds is 9. The van der Waals surface area contributed by atoms with Gasteiger partial charge in [0.25, 0.3) is 5.69 Å². The number of nitrogens with one attached hydrogen (secondary N) is 2. The fourth-order valence-corrected chi connectivity index (χ4v) is 4.53. The first-order valence-electron chi connectivity index (χ1n) is 14.6. The van der Waals surface area contributed by atoms with Gasteiger partial charge < -0.3 is 21.2 Å². The van der Waals surface area contributed by atoms with Crippen LogP contribution in [0.2, 0.25) is 5.02 Å². The molecule has 0 atom stereocenters. The minimum atomic E-state index is -0.477. The Morgan fingerprint density at radius 3 is 2.47 bits per heavy atom. The third-order valence-corrected chi connectivity index (χ3v) is 6.44.